The summed E-state index contributed by atoms with van der Waals surface area (Å²) in [6.07, 6.45) is 11.7. The number of amides is 1. The number of methoxy groups -OCH3 is 2. The van der Waals surface area contributed by atoms with E-state index in [1.54, 1.807) is 44.7 Å². The monoisotopic (exact) mass is 440 g/mol. The Hall–Kier alpha value is -3.02. The zero-order valence-corrected chi connectivity index (χ0v) is 19.6. The Balaban J connectivity index is 1.70. The molecule has 0 aliphatic rings. The lowest BCUT2D eigenvalue weighted by molar-refractivity contribution is 0.0955. The maximum absolute atomic E-state index is 12.3. The second-order valence-corrected chi connectivity index (χ2v) is 7.66. The van der Waals surface area contributed by atoms with E-state index in [1.807, 2.05) is 18.2 Å². The maximum atomic E-state index is 12.3. The molecule has 2 aromatic carbocycles. The van der Waals surface area contributed by atoms with Gasteiger partial charge in [-0.15, -0.1) is 0 Å². The van der Waals surface area contributed by atoms with Gasteiger partial charge in [0.1, 0.15) is 5.75 Å². The number of hydrogen-bond donors (Lipinski definition) is 1. The molecule has 2 aromatic rings. The highest BCUT2D eigenvalue weighted by Gasteiger charge is 2.06. The molecule has 1 amide bonds. The van der Waals surface area contributed by atoms with E-state index in [0.717, 1.165) is 17.7 Å². The van der Waals surface area contributed by atoms with Crippen molar-refractivity contribution in [3.05, 3.63) is 53.6 Å². The summed E-state index contributed by atoms with van der Waals surface area (Å²) in [6, 6.07) is 12.5. The van der Waals surface area contributed by atoms with Crippen molar-refractivity contribution in [1.29, 1.82) is 0 Å². The van der Waals surface area contributed by atoms with Gasteiger partial charge < -0.3 is 14.2 Å². The molecular formula is C26H36N2O4. The Kier molecular flexibility index (Phi) is 11.7. The minimum Gasteiger partial charge on any atom is -0.494 e. The van der Waals surface area contributed by atoms with E-state index in [2.05, 4.69) is 17.5 Å². The summed E-state index contributed by atoms with van der Waals surface area (Å²) in [7, 11) is 3.15. The van der Waals surface area contributed by atoms with Crippen LogP contribution in [-0.2, 0) is 0 Å². The van der Waals surface area contributed by atoms with Crippen LogP contribution in [0.1, 0.15) is 74.2 Å². The molecule has 0 saturated heterocycles. The minimum absolute atomic E-state index is 0.281. The first-order chi connectivity index (χ1) is 15.7. The summed E-state index contributed by atoms with van der Waals surface area (Å²) in [5.74, 6) is 1.73. The van der Waals surface area contributed by atoms with Crippen molar-refractivity contribution in [3.8, 4) is 17.2 Å². The number of benzene rings is 2. The number of carbonyl (C=O) groups is 1. The number of unbranched alkanes of at least 4 members (excludes halogenated alkanes) is 7. The van der Waals surface area contributed by atoms with Crippen molar-refractivity contribution in [2.45, 2.75) is 58.3 Å². The van der Waals surface area contributed by atoms with Crippen molar-refractivity contribution in [3.63, 3.8) is 0 Å². The molecule has 0 saturated carbocycles. The molecule has 0 aliphatic heterocycles. The fraction of sp³-hybridized carbons (Fsp3) is 0.462. The van der Waals surface area contributed by atoms with E-state index in [9.17, 15) is 4.79 Å². The largest absolute Gasteiger partial charge is 0.494 e. The van der Waals surface area contributed by atoms with Crippen molar-refractivity contribution in [2.75, 3.05) is 20.8 Å². The smallest absolute Gasteiger partial charge is 0.271 e. The predicted molar refractivity (Wildman–Crippen MR) is 129 cm³/mol. The first kappa shape index (κ1) is 25.2. The predicted octanol–water partition coefficient (Wildman–Crippen LogP) is 5.99. The Morgan fingerprint density at radius 2 is 1.53 bits per heavy atom. The van der Waals surface area contributed by atoms with E-state index in [-0.39, 0.29) is 5.91 Å². The molecule has 32 heavy (non-hydrogen) atoms. The van der Waals surface area contributed by atoms with Crippen molar-refractivity contribution in [1.82, 2.24) is 5.43 Å². The molecule has 0 unspecified atom stereocenters. The van der Waals surface area contributed by atoms with Gasteiger partial charge >= 0.3 is 0 Å². The van der Waals surface area contributed by atoms with Crippen molar-refractivity contribution >= 4 is 12.1 Å². The second kappa shape index (κ2) is 14.9. The molecule has 0 aromatic heterocycles. The SMILES string of the molecule is CCCCCCCCCCOc1ccc(C(=O)NN=Cc2ccc(OC)c(OC)c2)cc1. The van der Waals surface area contributed by atoms with Crippen LogP contribution in [-0.4, -0.2) is 32.9 Å². The van der Waals surface area contributed by atoms with Gasteiger partial charge in [0, 0.05) is 5.56 Å². The highest BCUT2D eigenvalue weighted by Crippen LogP contribution is 2.26. The van der Waals surface area contributed by atoms with Crippen LogP contribution in [0.5, 0.6) is 17.2 Å². The zero-order chi connectivity index (χ0) is 23.0. The third kappa shape index (κ3) is 9.00. The third-order valence-corrected chi connectivity index (χ3v) is 5.17. The van der Waals surface area contributed by atoms with Gasteiger partial charge in [0.25, 0.3) is 5.91 Å². The number of carbonyl (C=O) groups excluding carboxylic acids is 1. The van der Waals surface area contributed by atoms with Crippen LogP contribution in [0.4, 0.5) is 0 Å². The Morgan fingerprint density at radius 1 is 0.875 bits per heavy atom. The Morgan fingerprint density at radius 3 is 2.19 bits per heavy atom. The lowest BCUT2D eigenvalue weighted by Gasteiger charge is -2.08. The molecule has 0 bridgehead atoms. The lowest BCUT2D eigenvalue weighted by atomic mass is 10.1. The molecule has 1 N–H and O–H groups in total. The van der Waals surface area contributed by atoms with Crippen LogP contribution >= 0.6 is 0 Å². The van der Waals surface area contributed by atoms with Crippen molar-refractivity contribution in [2.24, 2.45) is 5.10 Å². The Labute approximate surface area is 192 Å². The maximum Gasteiger partial charge on any atom is 0.271 e. The van der Waals surface area contributed by atoms with Crippen LogP contribution < -0.4 is 19.6 Å². The van der Waals surface area contributed by atoms with Gasteiger partial charge in [-0.2, -0.15) is 5.10 Å². The first-order valence-corrected chi connectivity index (χ1v) is 11.5. The van der Waals surface area contributed by atoms with Gasteiger partial charge in [-0.25, -0.2) is 5.43 Å². The number of hydrogen-bond acceptors (Lipinski definition) is 5. The number of rotatable bonds is 15. The molecule has 6 heteroatoms. The zero-order valence-electron chi connectivity index (χ0n) is 19.6. The summed E-state index contributed by atoms with van der Waals surface area (Å²) in [6.45, 7) is 2.95. The number of hydrazone groups is 1. The van der Waals surface area contributed by atoms with E-state index in [0.29, 0.717) is 23.7 Å². The van der Waals surface area contributed by atoms with Gasteiger partial charge in [-0.1, -0.05) is 51.9 Å². The molecule has 0 radical (unpaired) electrons. The number of nitrogens with one attached hydrogen (secondary N) is 1. The van der Waals surface area contributed by atoms with Crippen molar-refractivity contribution < 1.29 is 19.0 Å². The topological polar surface area (TPSA) is 69.2 Å². The summed E-state index contributed by atoms with van der Waals surface area (Å²) in [4.78, 5) is 12.3. The minimum atomic E-state index is -0.281. The summed E-state index contributed by atoms with van der Waals surface area (Å²) < 4.78 is 16.3. The average Bonchev–Trinajstić information content (AvgIpc) is 2.83. The van der Waals surface area contributed by atoms with Crippen LogP contribution in [0.15, 0.2) is 47.6 Å². The molecule has 2 rings (SSSR count). The van der Waals surface area contributed by atoms with Gasteiger partial charge in [0.2, 0.25) is 0 Å². The van der Waals surface area contributed by atoms with E-state index >= 15 is 0 Å². The summed E-state index contributed by atoms with van der Waals surface area (Å²) in [5.41, 5.74) is 3.84. The number of ether oxygens (including phenoxy) is 3. The molecule has 174 valence electrons. The average molecular weight is 441 g/mol. The van der Waals surface area contributed by atoms with E-state index < -0.39 is 0 Å². The highest BCUT2D eigenvalue weighted by atomic mass is 16.5. The van der Waals surface area contributed by atoms with E-state index in [1.165, 1.54) is 44.9 Å². The third-order valence-electron chi connectivity index (χ3n) is 5.17. The number of nitrogens with zero attached hydrogens (tertiary/aromatic N) is 1. The first-order valence-electron chi connectivity index (χ1n) is 11.5. The normalized spacial score (nSPS) is 10.8. The molecule has 0 aliphatic carbocycles. The molecule has 6 nitrogen and oxygen atoms in total. The molecule has 0 heterocycles. The van der Waals surface area contributed by atoms with Crippen LogP contribution in [0.25, 0.3) is 0 Å². The van der Waals surface area contributed by atoms with Gasteiger partial charge in [0.05, 0.1) is 27.0 Å². The molecule has 0 atom stereocenters. The van der Waals surface area contributed by atoms with Crippen LogP contribution in [0.2, 0.25) is 0 Å². The van der Waals surface area contributed by atoms with Gasteiger partial charge in [-0.3, -0.25) is 4.79 Å². The second-order valence-electron chi connectivity index (χ2n) is 7.66. The summed E-state index contributed by atoms with van der Waals surface area (Å²) >= 11 is 0. The molecule has 0 spiro atoms. The standard InChI is InChI=1S/C26H36N2O4/c1-4-5-6-7-8-9-10-11-18-32-23-15-13-22(14-16-23)26(29)28-27-20-21-12-17-24(30-2)25(19-21)31-3/h12-17,19-20H,4-11,18H2,1-3H3,(H,28,29). The van der Waals surface area contributed by atoms with Crippen LogP contribution in [0, 0.1) is 0 Å². The van der Waals surface area contributed by atoms with E-state index in [4.69, 9.17) is 14.2 Å². The van der Waals surface area contributed by atoms with Gasteiger partial charge in [-0.05, 0) is 54.4 Å². The molecule has 0 fully saturated rings. The Bertz CT molecular complexity index is 834. The lowest BCUT2D eigenvalue weighted by Crippen LogP contribution is -2.17. The fourth-order valence-corrected chi connectivity index (χ4v) is 3.29. The fourth-order valence-electron chi connectivity index (χ4n) is 3.29. The quantitative estimate of drug-likeness (QED) is 0.210. The van der Waals surface area contributed by atoms with Gasteiger partial charge in [0.15, 0.2) is 11.5 Å². The van der Waals surface area contributed by atoms with Crippen LogP contribution in [0.3, 0.4) is 0 Å². The molecular weight excluding hydrogens is 404 g/mol. The summed E-state index contributed by atoms with van der Waals surface area (Å²) in [5, 5.41) is 4.02. The highest BCUT2D eigenvalue weighted by molar-refractivity contribution is 5.95.